The van der Waals surface area contributed by atoms with Gasteiger partial charge in [-0.15, -0.1) is 0 Å². The smallest absolute Gasteiger partial charge is 0.323 e. The molecule has 12 heteroatoms. The highest BCUT2D eigenvalue weighted by Gasteiger charge is 2.46. The zero-order chi connectivity index (χ0) is 24.7. The van der Waals surface area contributed by atoms with E-state index in [4.69, 9.17) is 4.74 Å². The van der Waals surface area contributed by atoms with Crippen molar-refractivity contribution in [3.05, 3.63) is 23.4 Å². The Morgan fingerprint density at radius 1 is 1.23 bits per heavy atom. The van der Waals surface area contributed by atoms with Crippen molar-refractivity contribution in [2.75, 3.05) is 43.0 Å². The molecule has 2 saturated carbocycles. The first-order valence-corrected chi connectivity index (χ1v) is 12.2. The predicted octanol–water partition coefficient (Wildman–Crippen LogP) is 3.55. The second kappa shape index (κ2) is 9.29. The number of halogens is 3. The van der Waals surface area contributed by atoms with E-state index in [0.717, 1.165) is 12.8 Å². The van der Waals surface area contributed by atoms with Gasteiger partial charge in [0, 0.05) is 62.6 Å². The third-order valence-corrected chi connectivity index (χ3v) is 6.96. The molecule has 35 heavy (non-hydrogen) atoms. The van der Waals surface area contributed by atoms with Crippen molar-refractivity contribution < 1.29 is 22.7 Å². The van der Waals surface area contributed by atoms with Gasteiger partial charge in [0.25, 0.3) is 0 Å². The minimum absolute atomic E-state index is 0.0243. The predicted molar refractivity (Wildman–Crippen MR) is 123 cm³/mol. The summed E-state index contributed by atoms with van der Waals surface area (Å²) in [6, 6.07) is 1.27. The molecule has 1 aliphatic heterocycles. The maximum Gasteiger partial charge on any atom is 0.323 e. The van der Waals surface area contributed by atoms with Crippen molar-refractivity contribution in [2.24, 2.45) is 0 Å². The molecule has 2 aromatic rings. The van der Waals surface area contributed by atoms with Gasteiger partial charge in [-0.25, -0.2) is 18.7 Å². The summed E-state index contributed by atoms with van der Waals surface area (Å²) in [5.41, 5.74) is 0.599. The number of carbonyl (C=O) groups is 1. The molecule has 0 amide bonds. The summed E-state index contributed by atoms with van der Waals surface area (Å²) in [5, 5.41) is 9.83. The van der Waals surface area contributed by atoms with Crippen LogP contribution in [0.15, 0.2) is 6.07 Å². The van der Waals surface area contributed by atoms with Crippen LogP contribution in [0.4, 0.5) is 30.6 Å². The van der Waals surface area contributed by atoms with Crippen molar-refractivity contribution in [3.63, 3.8) is 0 Å². The van der Waals surface area contributed by atoms with Gasteiger partial charge in [0.05, 0.1) is 6.61 Å². The van der Waals surface area contributed by atoms with E-state index in [0.29, 0.717) is 50.1 Å². The van der Waals surface area contributed by atoms with Gasteiger partial charge in [0.1, 0.15) is 11.9 Å². The molecule has 3 fully saturated rings. The normalized spacial score (nSPS) is 21.5. The number of piperazine rings is 1. The quantitative estimate of drug-likeness (QED) is 0.539. The summed E-state index contributed by atoms with van der Waals surface area (Å²) in [6.07, 6.45) is 1.48. The van der Waals surface area contributed by atoms with Crippen molar-refractivity contribution in [2.45, 2.75) is 63.3 Å². The summed E-state index contributed by atoms with van der Waals surface area (Å²) in [4.78, 5) is 24.9. The molecule has 190 valence electrons. The largest absolute Gasteiger partial charge is 0.465 e. The molecule has 3 heterocycles. The lowest BCUT2D eigenvalue weighted by molar-refractivity contribution is -0.149. The Balaban J connectivity index is 1.30. The third kappa shape index (κ3) is 5.07. The minimum Gasteiger partial charge on any atom is -0.465 e. The Hall–Kier alpha value is -2.89. The highest BCUT2D eigenvalue weighted by atomic mass is 19.3. The number of hydrogen-bond donors (Lipinski definition) is 2. The fraction of sp³-hybridized carbons (Fsp3) is 0.652. The second-order valence-corrected chi connectivity index (χ2v) is 9.59. The van der Waals surface area contributed by atoms with Gasteiger partial charge < -0.3 is 15.0 Å². The van der Waals surface area contributed by atoms with Crippen LogP contribution < -0.4 is 10.2 Å². The molecule has 5 rings (SSSR count). The van der Waals surface area contributed by atoms with E-state index < -0.39 is 11.7 Å². The van der Waals surface area contributed by atoms with Crippen LogP contribution >= 0.6 is 0 Å². The first-order chi connectivity index (χ1) is 16.7. The van der Waals surface area contributed by atoms with Gasteiger partial charge in [-0.3, -0.25) is 14.8 Å². The Kier molecular flexibility index (Phi) is 6.32. The number of alkyl halides is 2. The summed E-state index contributed by atoms with van der Waals surface area (Å²) in [7, 11) is 0. The highest BCUT2D eigenvalue weighted by Crippen LogP contribution is 2.48. The average Bonchev–Trinajstić information content (AvgIpc) is 3.57. The Bertz CT molecular complexity index is 1080. The molecule has 0 spiro atoms. The lowest BCUT2D eigenvalue weighted by Crippen LogP contribution is -2.52. The molecular formula is C23H30F3N7O2. The molecule has 1 atom stereocenters. The van der Waals surface area contributed by atoms with Crippen molar-refractivity contribution in [1.29, 1.82) is 0 Å². The molecule has 2 aliphatic carbocycles. The summed E-state index contributed by atoms with van der Waals surface area (Å²) in [6.45, 7) is 6.07. The average molecular weight is 494 g/mol. The van der Waals surface area contributed by atoms with Gasteiger partial charge in [0.2, 0.25) is 11.7 Å². The molecule has 0 aromatic carbocycles. The molecule has 3 aliphatic rings. The fourth-order valence-electron chi connectivity index (χ4n) is 4.61. The lowest BCUT2D eigenvalue weighted by Gasteiger charge is -2.37. The molecular weight excluding hydrogens is 463 g/mol. The van der Waals surface area contributed by atoms with Crippen LogP contribution in [0.3, 0.4) is 0 Å². The van der Waals surface area contributed by atoms with Crippen molar-refractivity contribution in [1.82, 2.24) is 25.1 Å². The van der Waals surface area contributed by atoms with Gasteiger partial charge in [-0.05, 0) is 26.7 Å². The first kappa shape index (κ1) is 23.8. The maximum absolute atomic E-state index is 15.6. The Morgan fingerprint density at radius 3 is 2.57 bits per heavy atom. The van der Waals surface area contributed by atoms with Crippen molar-refractivity contribution in [3.8, 4) is 0 Å². The Labute approximate surface area is 201 Å². The fourth-order valence-corrected chi connectivity index (χ4v) is 4.61. The van der Waals surface area contributed by atoms with Crippen LogP contribution in [0.1, 0.15) is 62.9 Å². The molecule has 0 bridgehead atoms. The maximum atomic E-state index is 15.6. The first-order valence-electron chi connectivity index (χ1n) is 12.2. The van der Waals surface area contributed by atoms with Gasteiger partial charge in [-0.1, -0.05) is 0 Å². The number of rotatable bonds is 8. The van der Waals surface area contributed by atoms with E-state index in [1.807, 2.05) is 16.7 Å². The topological polar surface area (TPSA) is 99.3 Å². The number of nitrogens with one attached hydrogen (secondary N) is 2. The number of H-pyrrole nitrogens is 1. The number of anilines is 3. The number of nitrogens with zero attached hydrogens (tertiary/aromatic N) is 5. The van der Waals surface area contributed by atoms with Crippen LogP contribution in [0, 0.1) is 5.82 Å². The van der Waals surface area contributed by atoms with Crippen LogP contribution in [0.2, 0.25) is 0 Å². The monoisotopic (exact) mass is 493 g/mol. The van der Waals surface area contributed by atoms with Crippen LogP contribution in [-0.4, -0.2) is 75.8 Å². The summed E-state index contributed by atoms with van der Waals surface area (Å²) < 4.78 is 47.1. The van der Waals surface area contributed by atoms with E-state index in [9.17, 15) is 13.6 Å². The highest BCUT2D eigenvalue weighted by molar-refractivity contribution is 5.75. The zero-order valence-corrected chi connectivity index (χ0v) is 19.9. The number of aromatic amines is 1. The Morgan fingerprint density at radius 2 is 1.94 bits per heavy atom. The minimum atomic E-state index is -2.63. The molecule has 2 aromatic heterocycles. The molecule has 1 unspecified atom stereocenters. The van der Waals surface area contributed by atoms with E-state index >= 15 is 4.39 Å². The number of aromatic nitrogens is 4. The molecule has 1 saturated heterocycles. The number of ether oxygens (including phenoxy) is 1. The zero-order valence-electron chi connectivity index (χ0n) is 19.9. The molecule has 0 radical (unpaired) electrons. The number of esters is 1. The number of carbonyl (C=O) groups excluding carboxylic acids is 1. The van der Waals surface area contributed by atoms with Gasteiger partial charge in [-0.2, -0.15) is 9.49 Å². The summed E-state index contributed by atoms with van der Waals surface area (Å²) in [5.74, 6) is -2.40. The van der Waals surface area contributed by atoms with E-state index in [1.165, 1.54) is 0 Å². The van der Waals surface area contributed by atoms with E-state index in [-0.39, 0.29) is 48.3 Å². The van der Waals surface area contributed by atoms with Crippen LogP contribution in [-0.2, 0) is 9.53 Å². The van der Waals surface area contributed by atoms with E-state index in [2.05, 4.69) is 25.5 Å². The van der Waals surface area contributed by atoms with Crippen LogP contribution in [0.5, 0.6) is 0 Å². The van der Waals surface area contributed by atoms with Gasteiger partial charge >= 0.3 is 5.97 Å². The standard InChI is InChI=1S/C23H30F3N7O2/c1-3-35-22(34)13(2)32-6-8-33(9-7-32)21-18(24)20(28-19(29-21)14-4-5-14)27-17-10-16(30-31-17)15-11-23(25,26)12-15/h10,13-15H,3-9,11-12H2,1-2H3,(H2,27,28,29,30,31). The molecule has 9 nitrogen and oxygen atoms in total. The van der Waals surface area contributed by atoms with Crippen LogP contribution in [0.25, 0.3) is 0 Å². The third-order valence-electron chi connectivity index (χ3n) is 6.96. The van der Waals surface area contributed by atoms with Crippen molar-refractivity contribution >= 4 is 23.4 Å². The lowest BCUT2D eigenvalue weighted by atomic mass is 9.79. The van der Waals surface area contributed by atoms with E-state index in [1.54, 1.807) is 13.0 Å². The summed E-state index contributed by atoms with van der Waals surface area (Å²) >= 11 is 0. The molecule has 2 N–H and O–H groups in total. The number of hydrogen-bond acceptors (Lipinski definition) is 8. The van der Waals surface area contributed by atoms with Gasteiger partial charge in [0.15, 0.2) is 17.5 Å². The SMILES string of the molecule is CCOC(=O)C(C)N1CCN(c2nc(C3CC3)nc(Nc3cc(C4CC(F)(F)C4)[nH]n3)c2F)CC1. The second-order valence-electron chi connectivity index (χ2n) is 9.59.